The van der Waals surface area contributed by atoms with Crippen LogP contribution in [0.1, 0.15) is 39.5 Å². The number of piperidine rings is 1. The van der Waals surface area contributed by atoms with Gasteiger partial charge in [0.2, 0.25) is 0 Å². The fraction of sp³-hybridized carbons (Fsp3) is 1.00. The van der Waals surface area contributed by atoms with Crippen molar-refractivity contribution in [3.8, 4) is 0 Å². The topological polar surface area (TPSA) is 12.0 Å². The molecular weight excluding hydrogens is 122 g/mol. The molecule has 1 fully saturated rings. The molecule has 1 rings (SSSR count). The van der Waals surface area contributed by atoms with Crippen LogP contribution in [0.4, 0.5) is 0 Å². The van der Waals surface area contributed by atoms with Gasteiger partial charge in [0.05, 0.1) is 0 Å². The van der Waals surface area contributed by atoms with Gasteiger partial charge < -0.3 is 5.32 Å². The minimum atomic E-state index is 0.828. The molecule has 0 aromatic heterocycles. The molecule has 1 aliphatic heterocycles. The second-order valence-corrected chi connectivity index (χ2v) is 3.78. The van der Waals surface area contributed by atoms with Crippen molar-refractivity contribution in [2.45, 2.75) is 45.6 Å². The second kappa shape index (κ2) is 3.97. The summed E-state index contributed by atoms with van der Waals surface area (Å²) in [5.74, 6) is 0.857. The Kier molecular flexibility index (Phi) is 3.20. The lowest BCUT2D eigenvalue weighted by molar-refractivity contribution is 0.347. The van der Waals surface area contributed by atoms with Crippen LogP contribution >= 0.6 is 0 Å². The molecular formula is C9H19N. The van der Waals surface area contributed by atoms with Gasteiger partial charge in [0.25, 0.3) is 0 Å². The monoisotopic (exact) mass is 141 g/mol. The molecule has 0 amide bonds. The van der Waals surface area contributed by atoms with Crippen molar-refractivity contribution < 1.29 is 0 Å². The predicted octanol–water partition coefficient (Wildman–Crippen LogP) is 2.17. The zero-order chi connectivity index (χ0) is 7.40. The maximum atomic E-state index is 3.55. The molecule has 60 valence electrons. The van der Waals surface area contributed by atoms with Gasteiger partial charge in [0.15, 0.2) is 0 Å². The standard InChI is InChI=1S/C9H19N/c1-8(2)7-9-5-3-4-6-10-9/h8-10H,3-7H2,1-2H3/t9-/m1/s1. The predicted molar refractivity (Wildman–Crippen MR) is 45.1 cm³/mol. The van der Waals surface area contributed by atoms with Crippen LogP contribution in [-0.4, -0.2) is 12.6 Å². The normalized spacial score (nSPS) is 27.3. The molecule has 0 aromatic rings. The third kappa shape index (κ3) is 2.70. The molecule has 10 heavy (non-hydrogen) atoms. The number of rotatable bonds is 2. The first-order chi connectivity index (χ1) is 4.79. The van der Waals surface area contributed by atoms with Gasteiger partial charge in [-0.15, -0.1) is 0 Å². The van der Waals surface area contributed by atoms with Crippen LogP contribution in [0.25, 0.3) is 0 Å². The van der Waals surface area contributed by atoms with Crippen LogP contribution in [0.5, 0.6) is 0 Å². The summed E-state index contributed by atoms with van der Waals surface area (Å²) in [4.78, 5) is 0. The SMILES string of the molecule is CC(C)C[C@H]1CCCCN1. The first kappa shape index (κ1) is 8.06. The summed E-state index contributed by atoms with van der Waals surface area (Å²) in [5, 5.41) is 3.55. The van der Waals surface area contributed by atoms with Gasteiger partial charge >= 0.3 is 0 Å². The third-order valence-corrected chi connectivity index (χ3v) is 2.17. The summed E-state index contributed by atoms with van der Waals surface area (Å²) in [6, 6.07) is 0.828. The second-order valence-electron chi connectivity index (χ2n) is 3.78. The Morgan fingerprint density at radius 2 is 2.20 bits per heavy atom. The van der Waals surface area contributed by atoms with Crippen LogP contribution in [0.15, 0.2) is 0 Å². The van der Waals surface area contributed by atoms with E-state index in [1.165, 1.54) is 32.2 Å². The molecule has 1 saturated heterocycles. The lowest BCUT2D eigenvalue weighted by atomic mass is 9.96. The Bertz CT molecular complexity index is 82.7. The molecule has 1 heterocycles. The minimum absolute atomic E-state index is 0.828. The highest BCUT2D eigenvalue weighted by Gasteiger charge is 2.12. The molecule has 0 aromatic carbocycles. The Morgan fingerprint density at radius 1 is 1.40 bits per heavy atom. The Balaban J connectivity index is 2.13. The van der Waals surface area contributed by atoms with E-state index in [0.29, 0.717) is 0 Å². The number of hydrogen-bond acceptors (Lipinski definition) is 1. The molecule has 1 aliphatic rings. The van der Waals surface area contributed by atoms with Crippen LogP contribution in [-0.2, 0) is 0 Å². The molecule has 1 atom stereocenters. The van der Waals surface area contributed by atoms with Gasteiger partial charge in [0.1, 0.15) is 0 Å². The summed E-state index contributed by atoms with van der Waals surface area (Å²) in [7, 11) is 0. The first-order valence-corrected chi connectivity index (χ1v) is 4.52. The van der Waals surface area contributed by atoms with Crippen molar-refractivity contribution in [3.05, 3.63) is 0 Å². The smallest absolute Gasteiger partial charge is 0.00695 e. The van der Waals surface area contributed by atoms with Crippen molar-refractivity contribution in [2.75, 3.05) is 6.54 Å². The molecule has 1 nitrogen and oxygen atoms in total. The van der Waals surface area contributed by atoms with E-state index >= 15 is 0 Å². The van der Waals surface area contributed by atoms with E-state index in [4.69, 9.17) is 0 Å². The van der Waals surface area contributed by atoms with Gasteiger partial charge in [0, 0.05) is 6.04 Å². The van der Waals surface area contributed by atoms with E-state index in [-0.39, 0.29) is 0 Å². The highest BCUT2D eigenvalue weighted by atomic mass is 14.9. The van der Waals surface area contributed by atoms with Gasteiger partial charge in [-0.25, -0.2) is 0 Å². The van der Waals surface area contributed by atoms with Crippen LogP contribution in [0, 0.1) is 5.92 Å². The molecule has 0 spiro atoms. The highest BCUT2D eigenvalue weighted by Crippen LogP contribution is 2.14. The van der Waals surface area contributed by atoms with Gasteiger partial charge in [-0.1, -0.05) is 20.3 Å². The molecule has 1 N–H and O–H groups in total. The molecule has 0 aliphatic carbocycles. The third-order valence-electron chi connectivity index (χ3n) is 2.17. The lowest BCUT2D eigenvalue weighted by Crippen LogP contribution is -2.34. The van der Waals surface area contributed by atoms with Crippen molar-refractivity contribution in [2.24, 2.45) is 5.92 Å². The minimum Gasteiger partial charge on any atom is -0.314 e. The van der Waals surface area contributed by atoms with E-state index in [9.17, 15) is 0 Å². The fourth-order valence-electron chi connectivity index (χ4n) is 1.69. The Hall–Kier alpha value is -0.0400. The number of nitrogens with one attached hydrogen (secondary N) is 1. The largest absolute Gasteiger partial charge is 0.314 e. The van der Waals surface area contributed by atoms with E-state index in [1.54, 1.807) is 0 Å². The molecule has 1 heteroatoms. The molecule has 0 bridgehead atoms. The number of hydrogen-bond donors (Lipinski definition) is 1. The summed E-state index contributed by atoms with van der Waals surface area (Å²) in [5.41, 5.74) is 0. The maximum Gasteiger partial charge on any atom is 0.00695 e. The van der Waals surface area contributed by atoms with E-state index in [2.05, 4.69) is 19.2 Å². The summed E-state index contributed by atoms with van der Waals surface area (Å²) in [6.45, 7) is 5.85. The molecule has 0 saturated carbocycles. The van der Waals surface area contributed by atoms with E-state index < -0.39 is 0 Å². The summed E-state index contributed by atoms with van der Waals surface area (Å²) in [6.07, 6.45) is 5.58. The van der Waals surface area contributed by atoms with Gasteiger partial charge in [-0.3, -0.25) is 0 Å². The van der Waals surface area contributed by atoms with E-state index in [0.717, 1.165) is 12.0 Å². The zero-order valence-corrected chi connectivity index (χ0v) is 7.19. The van der Waals surface area contributed by atoms with Gasteiger partial charge in [-0.05, 0) is 31.7 Å². The summed E-state index contributed by atoms with van der Waals surface area (Å²) < 4.78 is 0. The fourth-order valence-corrected chi connectivity index (χ4v) is 1.69. The maximum absolute atomic E-state index is 3.55. The molecule has 0 radical (unpaired) electrons. The van der Waals surface area contributed by atoms with Crippen LogP contribution in [0.3, 0.4) is 0 Å². The average Bonchev–Trinajstić information content (AvgIpc) is 1.88. The molecule has 0 unspecified atom stereocenters. The Labute approximate surface area is 64.2 Å². The zero-order valence-electron chi connectivity index (χ0n) is 7.19. The van der Waals surface area contributed by atoms with Crippen molar-refractivity contribution in [1.82, 2.24) is 5.32 Å². The van der Waals surface area contributed by atoms with Gasteiger partial charge in [-0.2, -0.15) is 0 Å². The van der Waals surface area contributed by atoms with Crippen LogP contribution in [0.2, 0.25) is 0 Å². The van der Waals surface area contributed by atoms with Crippen molar-refractivity contribution in [1.29, 1.82) is 0 Å². The lowest BCUT2D eigenvalue weighted by Gasteiger charge is -2.24. The summed E-state index contributed by atoms with van der Waals surface area (Å²) >= 11 is 0. The Morgan fingerprint density at radius 3 is 2.70 bits per heavy atom. The highest BCUT2D eigenvalue weighted by molar-refractivity contribution is 4.72. The average molecular weight is 141 g/mol. The van der Waals surface area contributed by atoms with Crippen molar-refractivity contribution in [3.63, 3.8) is 0 Å². The quantitative estimate of drug-likeness (QED) is 0.621. The van der Waals surface area contributed by atoms with Crippen LogP contribution < -0.4 is 5.32 Å². The van der Waals surface area contributed by atoms with E-state index in [1.807, 2.05) is 0 Å². The van der Waals surface area contributed by atoms with Crippen molar-refractivity contribution >= 4 is 0 Å². The first-order valence-electron chi connectivity index (χ1n) is 4.52.